The topological polar surface area (TPSA) is 58.9 Å². The summed E-state index contributed by atoms with van der Waals surface area (Å²) in [6.45, 7) is 5.22. The first kappa shape index (κ1) is 11.9. The van der Waals surface area contributed by atoms with Gasteiger partial charge < -0.3 is 19.7 Å². The summed E-state index contributed by atoms with van der Waals surface area (Å²) >= 11 is 0. The van der Waals surface area contributed by atoms with Gasteiger partial charge in [-0.2, -0.15) is 0 Å². The van der Waals surface area contributed by atoms with Crippen LogP contribution in [0.2, 0.25) is 0 Å². The number of aliphatic hydroxyl groups excluding tert-OH is 2. The van der Waals surface area contributed by atoms with Gasteiger partial charge in [-0.1, -0.05) is 0 Å². The largest absolute Gasteiger partial charge is 0.390 e. The molecule has 0 saturated carbocycles. The highest BCUT2D eigenvalue weighted by atomic mass is 16.5. The maximum absolute atomic E-state index is 8.87. The first-order valence-electron chi connectivity index (χ1n) is 5.20. The summed E-state index contributed by atoms with van der Waals surface area (Å²) in [6, 6.07) is 0. The van der Waals surface area contributed by atoms with Crippen molar-refractivity contribution in [3.8, 4) is 0 Å². The molecule has 0 bridgehead atoms. The van der Waals surface area contributed by atoms with E-state index >= 15 is 0 Å². The molecule has 2 saturated heterocycles. The van der Waals surface area contributed by atoms with E-state index in [1.54, 1.807) is 0 Å². The van der Waals surface area contributed by atoms with Gasteiger partial charge in [0.1, 0.15) is 0 Å². The van der Waals surface area contributed by atoms with E-state index in [-0.39, 0.29) is 24.4 Å². The standard InChI is InChI=1S/2C5H10O2/c2*1-4-5(6)2-3-7-4/h2*4-6H,2-3H2,1H3/t2*4-,5+/m10/s1. The Hall–Kier alpha value is -0.160. The summed E-state index contributed by atoms with van der Waals surface area (Å²) in [6.07, 6.45) is 1.34. The van der Waals surface area contributed by atoms with Crippen LogP contribution < -0.4 is 0 Å². The zero-order valence-corrected chi connectivity index (χ0v) is 8.85. The van der Waals surface area contributed by atoms with Gasteiger partial charge in [0.15, 0.2) is 0 Å². The molecule has 0 aromatic heterocycles. The molecule has 14 heavy (non-hydrogen) atoms. The lowest BCUT2D eigenvalue weighted by Crippen LogP contribution is -2.15. The fourth-order valence-electron chi connectivity index (χ4n) is 1.44. The minimum absolute atomic E-state index is 0.0694. The minimum Gasteiger partial charge on any atom is -0.390 e. The Labute approximate surface area is 84.8 Å². The Morgan fingerprint density at radius 1 is 0.857 bits per heavy atom. The van der Waals surface area contributed by atoms with Gasteiger partial charge in [-0.3, -0.25) is 0 Å². The molecule has 4 heteroatoms. The van der Waals surface area contributed by atoms with Crippen LogP contribution in [-0.4, -0.2) is 47.8 Å². The number of hydrogen-bond acceptors (Lipinski definition) is 4. The van der Waals surface area contributed by atoms with Crippen LogP contribution in [0.5, 0.6) is 0 Å². The molecule has 0 amide bonds. The molecular formula is C10H20O4. The van der Waals surface area contributed by atoms with Crippen molar-refractivity contribution in [2.45, 2.75) is 51.1 Å². The molecule has 0 aromatic carbocycles. The van der Waals surface area contributed by atoms with Gasteiger partial charge in [0.05, 0.1) is 24.4 Å². The van der Waals surface area contributed by atoms with Crippen molar-refractivity contribution in [2.24, 2.45) is 0 Å². The quantitative estimate of drug-likeness (QED) is 0.596. The Bertz CT molecular complexity index is 128. The lowest BCUT2D eigenvalue weighted by atomic mass is 10.2. The summed E-state index contributed by atoms with van der Waals surface area (Å²) < 4.78 is 10.0. The predicted octanol–water partition coefficient (Wildman–Crippen LogP) is 0.312. The Morgan fingerprint density at radius 2 is 1.21 bits per heavy atom. The smallest absolute Gasteiger partial charge is 0.0821 e. The van der Waals surface area contributed by atoms with Crippen molar-refractivity contribution in [3.05, 3.63) is 0 Å². The summed E-state index contributed by atoms with van der Waals surface area (Å²) in [5.41, 5.74) is 0. The number of hydrogen-bond donors (Lipinski definition) is 2. The molecule has 2 aliphatic heterocycles. The highest BCUT2D eigenvalue weighted by Gasteiger charge is 2.20. The first-order chi connectivity index (χ1) is 6.61. The lowest BCUT2D eigenvalue weighted by Gasteiger charge is -2.03. The Morgan fingerprint density at radius 3 is 1.29 bits per heavy atom. The molecule has 2 N–H and O–H groups in total. The molecule has 4 atom stereocenters. The normalized spacial score (nSPS) is 42.0. The van der Waals surface area contributed by atoms with Crippen LogP contribution in [-0.2, 0) is 9.47 Å². The van der Waals surface area contributed by atoms with Gasteiger partial charge in [0.2, 0.25) is 0 Å². The predicted molar refractivity (Wildman–Crippen MR) is 52.1 cm³/mol. The average Bonchev–Trinajstić information content (AvgIpc) is 2.67. The third-order valence-electron chi connectivity index (χ3n) is 2.67. The molecule has 0 aliphatic carbocycles. The van der Waals surface area contributed by atoms with Crippen LogP contribution in [0.25, 0.3) is 0 Å². The molecule has 0 unspecified atom stereocenters. The number of rotatable bonds is 0. The average molecular weight is 204 g/mol. The Kier molecular flexibility index (Phi) is 4.81. The van der Waals surface area contributed by atoms with Crippen LogP contribution in [0, 0.1) is 0 Å². The van der Waals surface area contributed by atoms with Crippen molar-refractivity contribution in [1.29, 1.82) is 0 Å². The zero-order chi connectivity index (χ0) is 10.6. The van der Waals surface area contributed by atoms with E-state index in [2.05, 4.69) is 0 Å². The monoisotopic (exact) mass is 204 g/mol. The van der Waals surface area contributed by atoms with E-state index in [0.29, 0.717) is 0 Å². The molecule has 0 spiro atoms. The van der Waals surface area contributed by atoms with Gasteiger partial charge in [0.25, 0.3) is 0 Å². The maximum Gasteiger partial charge on any atom is 0.0821 e. The molecule has 4 nitrogen and oxygen atoms in total. The van der Waals surface area contributed by atoms with Crippen molar-refractivity contribution in [3.63, 3.8) is 0 Å². The molecule has 0 radical (unpaired) electrons. The van der Waals surface area contributed by atoms with E-state index < -0.39 is 0 Å². The molecular weight excluding hydrogens is 184 g/mol. The molecule has 84 valence electrons. The molecule has 2 heterocycles. The molecule has 2 rings (SSSR count). The summed E-state index contributed by atoms with van der Waals surface area (Å²) in [5, 5.41) is 17.7. The van der Waals surface area contributed by atoms with Gasteiger partial charge in [-0.15, -0.1) is 0 Å². The van der Waals surface area contributed by atoms with Crippen LogP contribution in [0.15, 0.2) is 0 Å². The van der Waals surface area contributed by atoms with Crippen LogP contribution >= 0.6 is 0 Å². The van der Waals surface area contributed by atoms with E-state index in [1.807, 2.05) is 13.8 Å². The van der Waals surface area contributed by atoms with E-state index in [9.17, 15) is 0 Å². The van der Waals surface area contributed by atoms with Crippen LogP contribution in [0.4, 0.5) is 0 Å². The van der Waals surface area contributed by atoms with Gasteiger partial charge in [-0.25, -0.2) is 0 Å². The second-order valence-corrected chi connectivity index (χ2v) is 3.86. The minimum atomic E-state index is -0.208. The zero-order valence-electron chi connectivity index (χ0n) is 8.85. The van der Waals surface area contributed by atoms with Gasteiger partial charge in [0, 0.05) is 13.2 Å². The third kappa shape index (κ3) is 3.53. The molecule has 0 aromatic rings. The SMILES string of the molecule is C[C@@H]1OCC[C@H]1O.C[C@H]1OCC[C@@H]1O. The third-order valence-corrected chi connectivity index (χ3v) is 2.67. The van der Waals surface area contributed by atoms with Crippen molar-refractivity contribution in [1.82, 2.24) is 0 Å². The fraction of sp³-hybridized carbons (Fsp3) is 1.00. The second kappa shape index (κ2) is 5.66. The highest BCUT2D eigenvalue weighted by molar-refractivity contribution is 4.69. The highest BCUT2D eigenvalue weighted by Crippen LogP contribution is 2.11. The van der Waals surface area contributed by atoms with Crippen LogP contribution in [0.1, 0.15) is 26.7 Å². The summed E-state index contributed by atoms with van der Waals surface area (Å²) in [5.74, 6) is 0. The Balaban J connectivity index is 0.000000140. The second-order valence-electron chi connectivity index (χ2n) is 3.86. The fourth-order valence-corrected chi connectivity index (χ4v) is 1.44. The van der Waals surface area contributed by atoms with Gasteiger partial charge in [-0.05, 0) is 26.7 Å². The van der Waals surface area contributed by atoms with Crippen LogP contribution in [0.3, 0.4) is 0 Å². The summed E-state index contributed by atoms with van der Waals surface area (Å²) in [4.78, 5) is 0. The molecule has 2 aliphatic rings. The molecule has 2 fully saturated rings. The van der Waals surface area contributed by atoms with E-state index in [1.165, 1.54) is 0 Å². The van der Waals surface area contributed by atoms with Crippen molar-refractivity contribution >= 4 is 0 Å². The van der Waals surface area contributed by atoms with E-state index in [4.69, 9.17) is 19.7 Å². The number of aliphatic hydroxyl groups is 2. The van der Waals surface area contributed by atoms with Gasteiger partial charge >= 0.3 is 0 Å². The summed E-state index contributed by atoms with van der Waals surface area (Å²) in [7, 11) is 0. The van der Waals surface area contributed by atoms with Crippen molar-refractivity contribution < 1.29 is 19.7 Å². The van der Waals surface area contributed by atoms with E-state index in [0.717, 1.165) is 26.1 Å². The first-order valence-corrected chi connectivity index (χ1v) is 5.20. The van der Waals surface area contributed by atoms with Crippen molar-refractivity contribution in [2.75, 3.05) is 13.2 Å². The lowest BCUT2D eigenvalue weighted by molar-refractivity contribution is 0.0556. The maximum atomic E-state index is 8.87. The number of ether oxygens (including phenoxy) is 2.